The average molecular weight is 407 g/mol. The molecule has 1 N–H and O–H groups in total. The topological polar surface area (TPSA) is 90.8 Å². The lowest BCUT2D eigenvalue weighted by Crippen LogP contribution is -2.28. The molecule has 1 aromatic heterocycles. The Hall–Kier alpha value is -4.15. The Morgan fingerprint density at radius 1 is 1.00 bits per heavy atom. The van der Waals surface area contributed by atoms with E-state index in [1.807, 2.05) is 91.9 Å². The van der Waals surface area contributed by atoms with E-state index in [1.165, 1.54) is 0 Å². The minimum atomic E-state index is -0.297. The lowest BCUT2D eigenvalue weighted by atomic mass is 9.99. The van der Waals surface area contributed by atoms with E-state index >= 15 is 0 Å². The molecule has 1 atom stereocenters. The van der Waals surface area contributed by atoms with Crippen LogP contribution in [-0.4, -0.2) is 10.9 Å². The van der Waals surface area contributed by atoms with Crippen molar-refractivity contribution in [1.29, 1.82) is 0 Å². The smallest absolute Gasteiger partial charge is 0.253 e. The lowest BCUT2D eigenvalue weighted by molar-refractivity contribution is 0.0938. The first-order chi connectivity index (χ1) is 15.2. The van der Waals surface area contributed by atoms with E-state index < -0.39 is 0 Å². The second kappa shape index (κ2) is 9.11. The Kier molecular flexibility index (Phi) is 5.92. The number of aromatic nitrogens is 1. The van der Waals surface area contributed by atoms with Gasteiger partial charge in [0.25, 0.3) is 5.91 Å². The van der Waals surface area contributed by atoms with Crippen molar-refractivity contribution < 1.29 is 4.79 Å². The Balaban J connectivity index is 1.90. The molecule has 0 bridgehead atoms. The van der Waals surface area contributed by atoms with Gasteiger partial charge in [0.2, 0.25) is 0 Å². The Labute approximate surface area is 180 Å². The summed E-state index contributed by atoms with van der Waals surface area (Å²) < 4.78 is 0. The fourth-order valence-electron chi connectivity index (χ4n) is 3.71. The fourth-order valence-corrected chi connectivity index (χ4v) is 3.71. The third-order valence-corrected chi connectivity index (χ3v) is 5.20. The molecule has 6 heteroatoms. The van der Waals surface area contributed by atoms with Crippen LogP contribution in [0, 0.1) is 0 Å². The monoisotopic (exact) mass is 407 g/mol. The quantitative estimate of drug-likeness (QED) is 0.218. The van der Waals surface area contributed by atoms with Crippen molar-refractivity contribution in [2.24, 2.45) is 5.11 Å². The van der Waals surface area contributed by atoms with Crippen LogP contribution in [0.3, 0.4) is 0 Å². The van der Waals surface area contributed by atoms with Gasteiger partial charge in [-0.2, -0.15) is 0 Å². The van der Waals surface area contributed by atoms with Gasteiger partial charge in [-0.15, -0.1) is 0 Å². The number of hydrogen-bond acceptors (Lipinski definition) is 3. The van der Waals surface area contributed by atoms with Crippen LogP contribution in [0.1, 0.15) is 35.3 Å². The van der Waals surface area contributed by atoms with E-state index in [1.54, 1.807) is 0 Å². The van der Waals surface area contributed by atoms with Crippen LogP contribution in [0.5, 0.6) is 0 Å². The molecule has 1 amide bonds. The summed E-state index contributed by atoms with van der Waals surface area (Å²) in [6.07, 6.45) is 0.723. The van der Waals surface area contributed by atoms with Gasteiger partial charge >= 0.3 is 0 Å². The van der Waals surface area contributed by atoms with Crippen LogP contribution in [0.2, 0.25) is 0 Å². The maximum Gasteiger partial charge on any atom is 0.253 e. The van der Waals surface area contributed by atoms with Gasteiger partial charge in [-0.25, -0.2) is 4.98 Å². The highest BCUT2D eigenvalue weighted by Gasteiger charge is 2.23. The number of azide groups is 1. The molecule has 0 unspecified atom stereocenters. The van der Waals surface area contributed by atoms with Gasteiger partial charge in [0.1, 0.15) is 0 Å². The largest absolute Gasteiger partial charge is 0.345 e. The average Bonchev–Trinajstić information content (AvgIpc) is 2.83. The molecule has 0 fully saturated rings. The van der Waals surface area contributed by atoms with Gasteiger partial charge in [-0.05, 0) is 23.6 Å². The van der Waals surface area contributed by atoms with Crippen molar-refractivity contribution in [1.82, 2.24) is 10.3 Å². The third-order valence-electron chi connectivity index (χ3n) is 5.20. The molecular formula is C25H21N5O. The number of benzene rings is 3. The first kappa shape index (κ1) is 20.1. The summed E-state index contributed by atoms with van der Waals surface area (Å²) in [6, 6.07) is 26.5. The van der Waals surface area contributed by atoms with Crippen molar-refractivity contribution in [3.05, 3.63) is 106 Å². The predicted octanol–water partition coefficient (Wildman–Crippen LogP) is 6.72. The van der Waals surface area contributed by atoms with E-state index in [9.17, 15) is 10.3 Å². The molecule has 4 rings (SSSR count). The molecule has 0 aliphatic rings. The number of carbonyl (C=O) groups excluding carboxylic acids is 1. The van der Waals surface area contributed by atoms with Crippen LogP contribution in [0.25, 0.3) is 32.6 Å². The number of rotatable bonds is 6. The molecule has 4 aromatic rings. The number of carbonyl (C=O) groups is 1. The van der Waals surface area contributed by atoms with Crippen molar-refractivity contribution in [3.63, 3.8) is 0 Å². The maximum absolute atomic E-state index is 13.6. The lowest BCUT2D eigenvalue weighted by Gasteiger charge is -2.20. The zero-order valence-electron chi connectivity index (χ0n) is 17.1. The molecule has 152 valence electrons. The second-order valence-electron chi connectivity index (χ2n) is 7.10. The summed E-state index contributed by atoms with van der Waals surface area (Å²) >= 11 is 0. The second-order valence-corrected chi connectivity index (χ2v) is 7.10. The first-order valence-corrected chi connectivity index (χ1v) is 10.1. The van der Waals surface area contributed by atoms with Crippen LogP contribution < -0.4 is 5.32 Å². The maximum atomic E-state index is 13.6. The highest BCUT2D eigenvalue weighted by molar-refractivity contribution is 6.12. The summed E-state index contributed by atoms with van der Waals surface area (Å²) in [5, 5.41) is 7.68. The minimum Gasteiger partial charge on any atom is -0.345 e. The summed E-state index contributed by atoms with van der Waals surface area (Å²) in [5.41, 5.74) is 12.8. The van der Waals surface area contributed by atoms with Crippen LogP contribution >= 0.6 is 0 Å². The molecule has 0 radical (unpaired) electrons. The van der Waals surface area contributed by atoms with Gasteiger partial charge in [0.15, 0.2) is 0 Å². The van der Waals surface area contributed by atoms with Crippen molar-refractivity contribution in [2.75, 3.05) is 0 Å². The standard InChI is InChI=1S/C25H21N5O/c1-2-20(17-11-5-3-6-12-17)28-25(31)22-19-15-9-10-16-21(19)27-23(24(22)29-30-26)18-13-7-4-8-14-18/h3-16,20H,2H2,1H3,(H,28,31)/t20-/m0/s1. The molecule has 0 saturated carbocycles. The number of amides is 1. The summed E-state index contributed by atoms with van der Waals surface area (Å²) in [6.45, 7) is 2.02. The number of pyridine rings is 1. The number of nitrogens with zero attached hydrogens (tertiary/aromatic N) is 4. The third kappa shape index (κ3) is 4.10. The molecule has 3 aromatic carbocycles. The molecule has 31 heavy (non-hydrogen) atoms. The van der Waals surface area contributed by atoms with Crippen LogP contribution in [0.4, 0.5) is 5.69 Å². The van der Waals surface area contributed by atoms with Gasteiger partial charge in [0.05, 0.1) is 28.5 Å². The zero-order chi connectivity index (χ0) is 21.6. The minimum absolute atomic E-state index is 0.167. The molecule has 0 saturated heterocycles. The molecule has 1 heterocycles. The van der Waals surface area contributed by atoms with Gasteiger partial charge in [-0.3, -0.25) is 4.79 Å². The fraction of sp³-hybridized carbons (Fsp3) is 0.120. The SMILES string of the molecule is CC[C@H](NC(=O)c1c(N=[N+]=[N-])c(-c2ccccc2)nc2ccccc12)c1ccccc1. The van der Waals surface area contributed by atoms with Crippen molar-refractivity contribution in [3.8, 4) is 11.3 Å². The van der Waals surface area contributed by atoms with E-state index in [0.717, 1.165) is 17.5 Å². The highest BCUT2D eigenvalue weighted by Crippen LogP contribution is 2.37. The van der Waals surface area contributed by atoms with Crippen LogP contribution in [-0.2, 0) is 0 Å². The predicted molar refractivity (Wildman–Crippen MR) is 123 cm³/mol. The molecule has 0 aliphatic heterocycles. The summed E-state index contributed by atoms with van der Waals surface area (Å²) in [4.78, 5) is 21.3. The number of nitrogens with one attached hydrogen (secondary N) is 1. The van der Waals surface area contributed by atoms with Gasteiger partial charge in [0, 0.05) is 15.9 Å². The molecule has 0 spiro atoms. The number of hydrogen-bond donors (Lipinski definition) is 1. The highest BCUT2D eigenvalue weighted by atomic mass is 16.1. The zero-order valence-corrected chi connectivity index (χ0v) is 17.1. The van der Waals surface area contributed by atoms with E-state index in [0.29, 0.717) is 22.2 Å². The Bertz CT molecular complexity index is 1270. The van der Waals surface area contributed by atoms with Gasteiger partial charge in [-0.1, -0.05) is 90.9 Å². The van der Waals surface area contributed by atoms with Crippen molar-refractivity contribution in [2.45, 2.75) is 19.4 Å². The molecular weight excluding hydrogens is 386 g/mol. The Morgan fingerprint density at radius 2 is 1.65 bits per heavy atom. The van der Waals surface area contributed by atoms with E-state index in [2.05, 4.69) is 15.3 Å². The van der Waals surface area contributed by atoms with Crippen molar-refractivity contribution >= 4 is 22.5 Å². The number of fused-ring (bicyclic) bond motifs is 1. The van der Waals surface area contributed by atoms with E-state index in [-0.39, 0.29) is 17.6 Å². The first-order valence-electron chi connectivity index (χ1n) is 10.1. The molecule has 6 nitrogen and oxygen atoms in total. The Morgan fingerprint density at radius 3 is 2.32 bits per heavy atom. The van der Waals surface area contributed by atoms with Gasteiger partial charge < -0.3 is 5.32 Å². The number of para-hydroxylation sites is 1. The molecule has 0 aliphatic carbocycles. The summed E-state index contributed by atoms with van der Waals surface area (Å²) in [7, 11) is 0. The van der Waals surface area contributed by atoms with E-state index in [4.69, 9.17) is 4.98 Å². The van der Waals surface area contributed by atoms with Crippen LogP contribution in [0.15, 0.2) is 90.0 Å². The summed E-state index contributed by atoms with van der Waals surface area (Å²) in [5.74, 6) is -0.297. The normalized spacial score (nSPS) is 11.5.